The van der Waals surface area contributed by atoms with Crippen LogP contribution >= 0.6 is 0 Å². The summed E-state index contributed by atoms with van der Waals surface area (Å²) in [6, 6.07) is 16.5. The van der Waals surface area contributed by atoms with Gasteiger partial charge < -0.3 is 26.6 Å². The molecule has 0 heterocycles. The van der Waals surface area contributed by atoms with E-state index in [0.29, 0.717) is 22.5 Å². The molecule has 0 bridgehead atoms. The van der Waals surface area contributed by atoms with Crippen LogP contribution in [0.1, 0.15) is 23.0 Å². The summed E-state index contributed by atoms with van der Waals surface area (Å²) in [6.07, 6.45) is 0. The van der Waals surface area contributed by atoms with Gasteiger partial charge in [0.05, 0.1) is 12.1 Å². The molecule has 0 saturated heterocycles. The van der Waals surface area contributed by atoms with Gasteiger partial charge in [0, 0.05) is 11.4 Å². The lowest BCUT2D eigenvalue weighted by Gasteiger charge is -2.16. The standard InChI is InChI=1S/C18H16N6O3/c19-9-15(11-3-1-5-13(21)7-11)17(23-25)27-18(24-26)16(10-20)12-4-2-6-14(22)8-12/h1-8,15-16,25-26H,21-22H2. The highest BCUT2D eigenvalue weighted by atomic mass is 16.6. The van der Waals surface area contributed by atoms with E-state index in [2.05, 4.69) is 10.3 Å². The van der Waals surface area contributed by atoms with Crippen LogP contribution in [0.5, 0.6) is 0 Å². The van der Waals surface area contributed by atoms with Crippen molar-refractivity contribution < 1.29 is 15.2 Å². The monoisotopic (exact) mass is 364 g/mol. The highest BCUT2D eigenvalue weighted by Crippen LogP contribution is 2.24. The maximum absolute atomic E-state index is 9.46. The molecular formula is C18H16N6O3. The molecule has 136 valence electrons. The molecule has 0 aliphatic heterocycles. The van der Waals surface area contributed by atoms with Gasteiger partial charge in [0.2, 0.25) is 0 Å². The van der Waals surface area contributed by atoms with Crippen molar-refractivity contribution in [2.24, 2.45) is 10.3 Å². The minimum atomic E-state index is -1.14. The third kappa shape index (κ3) is 4.44. The highest BCUT2D eigenvalue weighted by molar-refractivity contribution is 5.99. The van der Waals surface area contributed by atoms with E-state index in [9.17, 15) is 20.9 Å². The number of ether oxygens (including phenoxy) is 1. The van der Waals surface area contributed by atoms with Crippen molar-refractivity contribution in [3.8, 4) is 12.1 Å². The number of hydrogen-bond donors (Lipinski definition) is 4. The molecule has 0 amide bonds. The summed E-state index contributed by atoms with van der Waals surface area (Å²) in [7, 11) is 0. The number of hydrogen-bond acceptors (Lipinski definition) is 9. The summed E-state index contributed by atoms with van der Waals surface area (Å²) in [6.45, 7) is 0. The normalized spacial score (nSPS) is 13.9. The van der Waals surface area contributed by atoms with Gasteiger partial charge in [0.1, 0.15) is 0 Å². The van der Waals surface area contributed by atoms with Crippen molar-refractivity contribution in [3.05, 3.63) is 59.7 Å². The summed E-state index contributed by atoms with van der Waals surface area (Å²) in [4.78, 5) is 0. The van der Waals surface area contributed by atoms with Crippen LogP contribution in [0.25, 0.3) is 0 Å². The Morgan fingerprint density at radius 2 is 1.26 bits per heavy atom. The van der Waals surface area contributed by atoms with Crippen LogP contribution < -0.4 is 11.5 Å². The predicted octanol–water partition coefficient (Wildman–Crippen LogP) is 2.36. The van der Waals surface area contributed by atoms with Gasteiger partial charge in [0.15, 0.2) is 11.8 Å². The number of rotatable bonds is 4. The SMILES string of the molecule is N#CC(C(=NO)OC(=NO)C(C#N)c1cccc(N)c1)c1cccc(N)c1. The van der Waals surface area contributed by atoms with Crippen LogP contribution in [-0.2, 0) is 4.74 Å². The molecule has 9 heteroatoms. The Balaban J connectivity index is 2.35. The second-order valence-corrected chi connectivity index (χ2v) is 5.44. The zero-order chi connectivity index (χ0) is 19.8. The van der Waals surface area contributed by atoms with Gasteiger partial charge in [-0.15, -0.1) is 0 Å². The van der Waals surface area contributed by atoms with Crippen molar-refractivity contribution in [2.45, 2.75) is 11.8 Å². The Morgan fingerprint density at radius 3 is 1.56 bits per heavy atom. The Hall–Kier alpha value is -4.24. The van der Waals surface area contributed by atoms with E-state index in [1.165, 1.54) is 12.1 Å². The summed E-state index contributed by atoms with van der Waals surface area (Å²) < 4.78 is 5.32. The zero-order valence-corrected chi connectivity index (χ0v) is 14.0. The molecule has 2 rings (SSSR count). The van der Waals surface area contributed by atoms with E-state index < -0.39 is 23.6 Å². The largest absolute Gasteiger partial charge is 0.419 e. The number of oxime groups is 2. The molecule has 0 saturated carbocycles. The smallest absolute Gasteiger partial charge is 0.254 e. The molecule has 2 atom stereocenters. The molecule has 27 heavy (non-hydrogen) atoms. The third-order valence-corrected chi connectivity index (χ3v) is 3.65. The van der Waals surface area contributed by atoms with E-state index in [0.717, 1.165) is 0 Å². The second kappa shape index (κ2) is 8.74. The van der Waals surface area contributed by atoms with Crippen LogP contribution in [0.2, 0.25) is 0 Å². The lowest BCUT2D eigenvalue weighted by Crippen LogP contribution is -2.24. The Morgan fingerprint density at radius 1 is 0.852 bits per heavy atom. The van der Waals surface area contributed by atoms with Crippen LogP contribution in [-0.4, -0.2) is 22.2 Å². The maximum atomic E-state index is 9.46. The number of nitrogens with zero attached hydrogens (tertiary/aromatic N) is 4. The first-order valence-corrected chi connectivity index (χ1v) is 7.65. The van der Waals surface area contributed by atoms with E-state index in [-0.39, 0.29) is 0 Å². The minimum absolute atomic E-state index is 0.399. The first kappa shape index (κ1) is 19.1. The number of nitrogens with two attached hydrogens (primary N) is 2. The molecule has 0 aromatic heterocycles. The molecule has 2 aromatic rings. The van der Waals surface area contributed by atoms with Crippen LogP contribution in [0, 0.1) is 22.7 Å². The van der Waals surface area contributed by atoms with Crippen molar-refractivity contribution in [1.29, 1.82) is 10.5 Å². The first-order valence-electron chi connectivity index (χ1n) is 7.65. The molecule has 0 aliphatic carbocycles. The van der Waals surface area contributed by atoms with E-state index in [1.54, 1.807) is 36.4 Å². The molecule has 2 aromatic carbocycles. The van der Waals surface area contributed by atoms with Crippen LogP contribution in [0.15, 0.2) is 58.8 Å². The minimum Gasteiger partial charge on any atom is -0.419 e. The number of anilines is 2. The van der Waals surface area contributed by atoms with Gasteiger partial charge >= 0.3 is 0 Å². The topological polar surface area (TPSA) is 174 Å². The number of nitriles is 2. The molecule has 9 nitrogen and oxygen atoms in total. The van der Waals surface area contributed by atoms with Crippen molar-refractivity contribution in [1.82, 2.24) is 0 Å². The molecule has 0 radical (unpaired) electrons. The van der Waals surface area contributed by atoms with E-state index >= 15 is 0 Å². The van der Waals surface area contributed by atoms with Gasteiger partial charge in [-0.05, 0) is 35.4 Å². The Kier molecular flexibility index (Phi) is 6.18. The summed E-state index contributed by atoms with van der Waals surface area (Å²) in [5.41, 5.74) is 13.0. The van der Waals surface area contributed by atoms with Crippen molar-refractivity contribution >= 4 is 23.2 Å². The molecule has 2 unspecified atom stereocenters. The number of nitrogen functional groups attached to an aromatic ring is 2. The fraction of sp³-hybridized carbons (Fsp3) is 0.111. The maximum Gasteiger partial charge on any atom is 0.254 e. The van der Waals surface area contributed by atoms with Gasteiger partial charge in [0.25, 0.3) is 11.8 Å². The van der Waals surface area contributed by atoms with E-state index in [1.807, 2.05) is 12.1 Å². The quantitative estimate of drug-likeness (QED) is 0.212. The second-order valence-electron chi connectivity index (χ2n) is 5.44. The third-order valence-electron chi connectivity index (χ3n) is 3.65. The van der Waals surface area contributed by atoms with Crippen molar-refractivity contribution in [3.63, 3.8) is 0 Å². The molecule has 0 fully saturated rings. The summed E-state index contributed by atoms with van der Waals surface area (Å²) in [5.74, 6) is -3.23. The fourth-order valence-electron chi connectivity index (χ4n) is 2.40. The zero-order valence-electron chi connectivity index (χ0n) is 14.0. The summed E-state index contributed by atoms with van der Waals surface area (Å²) in [5, 5.41) is 43.5. The molecule has 0 spiro atoms. The average Bonchev–Trinajstić information content (AvgIpc) is 2.67. The van der Waals surface area contributed by atoms with Gasteiger partial charge in [-0.25, -0.2) is 0 Å². The van der Waals surface area contributed by atoms with Crippen LogP contribution in [0.3, 0.4) is 0 Å². The Bertz CT molecular complexity index is 881. The first-order chi connectivity index (χ1) is 13.0. The van der Waals surface area contributed by atoms with Gasteiger partial charge in [-0.3, -0.25) is 0 Å². The molecular weight excluding hydrogens is 348 g/mol. The predicted molar refractivity (Wildman–Crippen MR) is 97.9 cm³/mol. The van der Waals surface area contributed by atoms with E-state index in [4.69, 9.17) is 16.2 Å². The van der Waals surface area contributed by atoms with Crippen LogP contribution in [0.4, 0.5) is 11.4 Å². The average molecular weight is 364 g/mol. The molecule has 6 N–H and O–H groups in total. The van der Waals surface area contributed by atoms with Crippen molar-refractivity contribution in [2.75, 3.05) is 11.5 Å². The molecule has 0 aliphatic rings. The fourth-order valence-corrected chi connectivity index (χ4v) is 2.40. The van der Waals surface area contributed by atoms with Gasteiger partial charge in [-0.2, -0.15) is 10.5 Å². The highest BCUT2D eigenvalue weighted by Gasteiger charge is 2.28. The lowest BCUT2D eigenvalue weighted by molar-refractivity contribution is 0.281. The summed E-state index contributed by atoms with van der Waals surface area (Å²) >= 11 is 0. The lowest BCUT2D eigenvalue weighted by atomic mass is 9.98. The van der Waals surface area contributed by atoms with Gasteiger partial charge in [-0.1, -0.05) is 34.6 Å². The number of benzene rings is 2. The Labute approximate surface area is 155 Å².